The first-order valence-corrected chi connectivity index (χ1v) is 6.98. The highest BCUT2D eigenvalue weighted by molar-refractivity contribution is 5.86. The van der Waals surface area contributed by atoms with Crippen molar-refractivity contribution in [2.75, 3.05) is 20.3 Å². The quantitative estimate of drug-likeness (QED) is 0.805. The second kappa shape index (κ2) is 7.64. The maximum Gasteiger partial charge on any atom is 0.249 e. The molecule has 1 aromatic carbocycles. The van der Waals surface area contributed by atoms with Gasteiger partial charge < -0.3 is 20.1 Å². The van der Waals surface area contributed by atoms with Gasteiger partial charge >= 0.3 is 0 Å². The van der Waals surface area contributed by atoms with Crippen LogP contribution in [0.25, 0.3) is 0 Å². The van der Waals surface area contributed by atoms with Crippen LogP contribution in [-0.2, 0) is 20.9 Å². The number of carbonyl (C=O) groups is 2. The molecule has 1 aliphatic rings. The van der Waals surface area contributed by atoms with Gasteiger partial charge in [0.15, 0.2) is 0 Å². The molecule has 1 unspecified atom stereocenters. The van der Waals surface area contributed by atoms with Crippen molar-refractivity contribution in [3.63, 3.8) is 0 Å². The minimum absolute atomic E-state index is 0.0329. The molecule has 2 amide bonds. The summed E-state index contributed by atoms with van der Waals surface area (Å²) in [7, 11) is 1.60. The van der Waals surface area contributed by atoms with Gasteiger partial charge in [0.1, 0.15) is 11.9 Å². The largest absolute Gasteiger partial charge is 0.497 e. The highest BCUT2D eigenvalue weighted by Gasteiger charge is 2.23. The monoisotopic (exact) mass is 292 g/mol. The fraction of sp³-hybridized carbons (Fsp3) is 0.467. The maximum absolute atomic E-state index is 11.7. The summed E-state index contributed by atoms with van der Waals surface area (Å²) in [5, 5.41) is 5.33. The van der Waals surface area contributed by atoms with Crippen molar-refractivity contribution in [1.82, 2.24) is 10.6 Å². The fourth-order valence-electron chi connectivity index (χ4n) is 2.07. The van der Waals surface area contributed by atoms with E-state index in [1.807, 2.05) is 24.3 Å². The van der Waals surface area contributed by atoms with E-state index in [1.165, 1.54) is 0 Å². The minimum Gasteiger partial charge on any atom is -0.497 e. The third-order valence-corrected chi connectivity index (χ3v) is 3.29. The highest BCUT2D eigenvalue weighted by atomic mass is 16.5. The van der Waals surface area contributed by atoms with Crippen LogP contribution in [0.4, 0.5) is 0 Å². The molecule has 6 nitrogen and oxygen atoms in total. The van der Waals surface area contributed by atoms with E-state index >= 15 is 0 Å². The zero-order chi connectivity index (χ0) is 15.1. The minimum atomic E-state index is -0.403. The molecule has 1 atom stereocenters. The normalized spacial score (nSPS) is 17.3. The standard InChI is InChI=1S/C15H20N2O4/c1-20-12-6-4-11(5-7-12)9-16-14(18)10-17-15(19)13-3-2-8-21-13/h4-7,13H,2-3,8-10H2,1H3,(H,16,18)(H,17,19). The molecular weight excluding hydrogens is 272 g/mol. The number of rotatable bonds is 6. The average molecular weight is 292 g/mol. The van der Waals surface area contributed by atoms with Gasteiger partial charge in [0, 0.05) is 13.2 Å². The lowest BCUT2D eigenvalue weighted by molar-refractivity contribution is -0.132. The second-order valence-corrected chi connectivity index (χ2v) is 4.84. The van der Waals surface area contributed by atoms with Gasteiger partial charge in [-0.1, -0.05) is 12.1 Å². The number of hydrogen-bond acceptors (Lipinski definition) is 4. The molecule has 0 spiro atoms. The van der Waals surface area contributed by atoms with Crippen molar-refractivity contribution in [2.45, 2.75) is 25.5 Å². The topological polar surface area (TPSA) is 76.7 Å². The van der Waals surface area contributed by atoms with Crippen molar-refractivity contribution in [3.05, 3.63) is 29.8 Å². The summed E-state index contributed by atoms with van der Waals surface area (Å²) in [5.74, 6) is 0.332. The zero-order valence-electron chi connectivity index (χ0n) is 12.1. The van der Waals surface area contributed by atoms with E-state index in [1.54, 1.807) is 7.11 Å². The van der Waals surface area contributed by atoms with Crippen LogP contribution in [0.15, 0.2) is 24.3 Å². The van der Waals surface area contributed by atoms with Gasteiger partial charge in [0.05, 0.1) is 13.7 Å². The number of methoxy groups -OCH3 is 1. The van der Waals surface area contributed by atoms with Gasteiger partial charge in [-0.25, -0.2) is 0 Å². The lowest BCUT2D eigenvalue weighted by Crippen LogP contribution is -2.41. The van der Waals surface area contributed by atoms with E-state index < -0.39 is 6.10 Å². The molecule has 1 heterocycles. The Morgan fingerprint density at radius 1 is 1.29 bits per heavy atom. The number of nitrogens with one attached hydrogen (secondary N) is 2. The zero-order valence-corrected chi connectivity index (χ0v) is 12.1. The van der Waals surface area contributed by atoms with Gasteiger partial charge in [0.25, 0.3) is 0 Å². The van der Waals surface area contributed by atoms with E-state index in [0.717, 1.165) is 24.2 Å². The Kier molecular flexibility index (Phi) is 5.57. The van der Waals surface area contributed by atoms with Crippen LogP contribution >= 0.6 is 0 Å². The molecule has 0 aromatic heterocycles. The number of hydrogen-bond donors (Lipinski definition) is 2. The van der Waals surface area contributed by atoms with Crippen molar-refractivity contribution >= 4 is 11.8 Å². The van der Waals surface area contributed by atoms with Crippen LogP contribution in [0.3, 0.4) is 0 Å². The first-order chi connectivity index (χ1) is 10.2. The number of ether oxygens (including phenoxy) is 2. The lowest BCUT2D eigenvalue weighted by atomic mass is 10.2. The second-order valence-electron chi connectivity index (χ2n) is 4.84. The fourth-order valence-corrected chi connectivity index (χ4v) is 2.07. The van der Waals surface area contributed by atoms with Crippen molar-refractivity contribution in [1.29, 1.82) is 0 Å². The first kappa shape index (κ1) is 15.3. The van der Waals surface area contributed by atoms with Crippen molar-refractivity contribution < 1.29 is 19.1 Å². The SMILES string of the molecule is COc1ccc(CNC(=O)CNC(=O)C2CCCO2)cc1. The Hall–Kier alpha value is -2.08. The molecule has 2 rings (SSSR count). The van der Waals surface area contributed by atoms with Gasteiger partial charge in [-0.2, -0.15) is 0 Å². The smallest absolute Gasteiger partial charge is 0.249 e. The van der Waals surface area contributed by atoms with Crippen LogP contribution < -0.4 is 15.4 Å². The molecule has 6 heteroatoms. The van der Waals surface area contributed by atoms with Crippen LogP contribution in [0.1, 0.15) is 18.4 Å². The van der Waals surface area contributed by atoms with E-state index in [0.29, 0.717) is 13.2 Å². The molecule has 1 aliphatic heterocycles. The molecule has 1 aromatic rings. The van der Waals surface area contributed by atoms with E-state index in [4.69, 9.17) is 9.47 Å². The summed E-state index contributed by atoms with van der Waals surface area (Å²) < 4.78 is 10.3. The van der Waals surface area contributed by atoms with Crippen LogP contribution in [0, 0.1) is 0 Å². The first-order valence-electron chi connectivity index (χ1n) is 6.98. The van der Waals surface area contributed by atoms with Crippen LogP contribution in [0.2, 0.25) is 0 Å². The molecule has 0 saturated carbocycles. The predicted molar refractivity (Wildman–Crippen MR) is 76.8 cm³/mol. The molecular formula is C15H20N2O4. The Labute approximate surface area is 123 Å². The molecule has 114 valence electrons. The molecule has 1 fully saturated rings. The summed E-state index contributed by atoms with van der Waals surface area (Å²) in [6.45, 7) is 0.995. The summed E-state index contributed by atoms with van der Waals surface area (Å²) in [4.78, 5) is 23.3. The van der Waals surface area contributed by atoms with Crippen molar-refractivity contribution in [3.8, 4) is 5.75 Å². The summed E-state index contributed by atoms with van der Waals surface area (Å²) in [6, 6.07) is 7.43. The molecule has 21 heavy (non-hydrogen) atoms. The van der Waals surface area contributed by atoms with E-state index in [2.05, 4.69) is 10.6 Å². The Bertz CT molecular complexity index is 481. The lowest BCUT2D eigenvalue weighted by Gasteiger charge is -2.10. The molecule has 0 bridgehead atoms. The van der Waals surface area contributed by atoms with Crippen LogP contribution in [0.5, 0.6) is 5.75 Å². The number of carbonyl (C=O) groups excluding carboxylic acids is 2. The van der Waals surface area contributed by atoms with Crippen LogP contribution in [-0.4, -0.2) is 38.2 Å². The number of benzene rings is 1. The maximum atomic E-state index is 11.7. The summed E-state index contributed by atoms with van der Waals surface area (Å²) >= 11 is 0. The van der Waals surface area contributed by atoms with Gasteiger partial charge in [-0.3, -0.25) is 9.59 Å². The molecule has 2 N–H and O–H groups in total. The van der Waals surface area contributed by atoms with Gasteiger partial charge in [0.2, 0.25) is 11.8 Å². The van der Waals surface area contributed by atoms with Gasteiger partial charge in [-0.15, -0.1) is 0 Å². The Morgan fingerprint density at radius 3 is 2.67 bits per heavy atom. The third kappa shape index (κ3) is 4.75. The van der Waals surface area contributed by atoms with E-state index in [-0.39, 0.29) is 18.4 Å². The predicted octanol–water partition coefficient (Wildman–Crippen LogP) is 0.607. The van der Waals surface area contributed by atoms with Gasteiger partial charge in [-0.05, 0) is 30.5 Å². The Balaban J connectivity index is 1.67. The average Bonchev–Trinajstić information content (AvgIpc) is 3.05. The Morgan fingerprint density at radius 2 is 2.05 bits per heavy atom. The molecule has 1 saturated heterocycles. The number of amides is 2. The summed E-state index contributed by atoms with van der Waals surface area (Å²) in [6.07, 6.45) is 1.21. The molecule has 0 aliphatic carbocycles. The van der Waals surface area contributed by atoms with E-state index in [9.17, 15) is 9.59 Å². The summed E-state index contributed by atoms with van der Waals surface area (Å²) in [5.41, 5.74) is 0.967. The molecule has 0 radical (unpaired) electrons. The van der Waals surface area contributed by atoms with Crippen molar-refractivity contribution in [2.24, 2.45) is 0 Å². The highest BCUT2D eigenvalue weighted by Crippen LogP contribution is 2.12. The third-order valence-electron chi connectivity index (χ3n) is 3.29.